The lowest BCUT2D eigenvalue weighted by molar-refractivity contribution is 0.0929. The van der Waals surface area contributed by atoms with Crippen molar-refractivity contribution in [3.05, 3.63) is 65.5 Å². The second kappa shape index (κ2) is 10.8. The summed E-state index contributed by atoms with van der Waals surface area (Å²) >= 11 is 0. The van der Waals surface area contributed by atoms with Crippen molar-refractivity contribution >= 4 is 35.8 Å². The van der Waals surface area contributed by atoms with Crippen molar-refractivity contribution in [2.45, 2.75) is 82.3 Å². The third-order valence-corrected chi connectivity index (χ3v) is 9.04. The van der Waals surface area contributed by atoms with Crippen molar-refractivity contribution in [2.24, 2.45) is 0 Å². The third-order valence-electron chi connectivity index (χ3n) is 9.04. The first kappa shape index (κ1) is 26.5. The van der Waals surface area contributed by atoms with Crippen LogP contribution in [0.3, 0.4) is 0 Å². The van der Waals surface area contributed by atoms with Crippen LogP contribution in [0.2, 0.25) is 0 Å². The maximum Gasteiger partial charge on any atom is 0.106 e. The highest BCUT2D eigenvalue weighted by atomic mass is 35.5. The van der Waals surface area contributed by atoms with Gasteiger partial charge in [-0.1, -0.05) is 42.0 Å². The SMILES string of the molecule is Cc1cccc(C2(CCN3[C@@H]4CC[C@H]3CC(n3c(C)nc5ccccc53)C4)CCNCC2)c1.Cl.Cl. The number of fused-ring (bicyclic) bond motifs is 3. The summed E-state index contributed by atoms with van der Waals surface area (Å²) in [5, 5.41) is 3.61. The Balaban J connectivity index is 0.00000144. The van der Waals surface area contributed by atoms with Gasteiger partial charge < -0.3 is 9.88 Å². The molecule has 4 nitrogen and oxygen atoms in total. The molecule has 0 amide bonds. The fourth-order valence-corrected chi connectivity index (χ4v) is 7.35. The van der Waals surface area contributed by atoms with Gasteiger partial charge in [0.2, 0.25) is 0 Å². The number of piperidine rings is 2. The Morgan fingerprint density at radius 1 is 0.914 bits per heavy atom. The molecule has 2 bridgehead atoms. The van der Waals surface area contributed by atoms with E-state index in [9.17, 15) is 0 Å². The highest BCUT2D eigenvalue weighted by Crippen LogP contribution is 2.44. The van der Waals surface area contributed by atoms with E-state index in [0.29, 0.717) is 11.5 Å². The van der Waals surface area contributed by atoms with Crippen LogP contribution in [0.25, 0.3) is 11.0 Å². The summed E-state index contributed by atoms with van der Waals surface area (Å²) in [4.78, 5) is 7.78. The molecule has 1 aromatic heterocycles. The number of rotatable bonds is 5. The van der Waals surface area contributed by atoms with Gasteiger partial charge >= 0.3 is 0 Å². The fraction of sp³-hybridized carbons (Fsp3) is 0.552. The van der Waals surface area contributed by atoms with Gasteiger partial charge in [0, 0.05) is 18.1 Å². The molecule has 1 unspecified atom stereocenters. The second-order valence-corrected chi connectivity index (χ2v) is 10.9. The summed E-state index contributed by atoms with van der Waals surface area (Å²) in [6.45, 7) is 7.98. The molecule has 0 spiro atoms. The molecule has 3 aliphatic heterocycles. The Bertz CT molecular complexity index is 1120. The van der Waals surface area contributed by atoms with Gasteiger partial charge in [-0.2, -0.15) is 0 Å². The second-order valence-electron chi connectivity index (χ2n) is 10.9. The van der Waals surface area contributed by atoms with Crippen molar-refractivity contribution in [1.29, 1.82) is 0 Å². The Labute approximate surface area is 222 Å². The van der Waals surface area contributed by atoms with Gasteiger partial charge in [-0.05, 0) is 102 Å². The van der Waals surface area contributed by atoms with E-state index in [-0.39, 0.29) is 24.8 Å². The van der Waals surface area contributed by atoms with Crippen molar-refractivity contribution in [1.82, 2.24) is 19.8 Å². The Hall–Kier alpha value is -1.59. The van der Waals surface area contributed by atoms with E-state index in [1.54, 1.807) is 5.56 Å². The highest BCUT2D eigenvalue weighted by Gasteiger charge is 2.43. The molecule has 0 saturated carbocycles. The molecular formula is C29H40Cl2N4. The molecule has 3 fully saturated rings. The summed E-state index contributed by atoms with van der Waals surface area (Å²) in [7, 11) is 0. The smallest absolute Gasteiger partial charge is 0.106 e. The number of halogens is 2. The lowest BCUT2D eigenvalue weighted by atomic mass is 9.70. The van der Waals surface area contributed by atoms with Crippen molar-refractivity contribution in [3.8, 4) is 0 Å². The number of benzene rings is 2. The van der Waals surface area contributed by atoms with Gasteiger partial charge in [0.05, 0.1) is 11.0 Å². The third kappa shape index (κ3) is 4.87. The average molecular weight is 516 g/mol. The van der Waals surface area contributed by atoms with E-state index < -0.39 is 0 Å². The van der Waals surface area contributed by atoms with E-state index >= 15 is 0 Å². The molecule has 6 rings (SSSR count). The minimum absolute atomic E-state index is 0. The molecule has 3 saturated heterocycles. The summed E-state index contributed by atoms with van der Waals surface area (Å²) in [6, 6.07) is 20.1. The molecule has 0 aliphatic carbocycles. The van der Waals surface area contributed by atoms with Gasteiger partial charge in [-0.3, -0.25) is 4.90 Å². The van der Waals surface area contributed by atoms with Crippen LogP contribution in [0.5, 0.6) is 0 Å². The lowest BCUT2D eigenvalue weighted by Gasteiger charge is -2.44. The quantitative estimate of drug-likeness (QED) is 0.428. The van der Waals surface area contributed by atoms with Crippen LogP contribution >= 0.6 is 24.8 Å². The van der Waals surface area contributed by atoms with Gasteiger partial charge in [0.15, 0.2) is 0 Å². The number of para-hydroxylation sites is 2. The Morgan fingerprint density at radius 3 is 2.34 bits per heavy atom. The number of nitrogens with zero attached hydrogens (tertiary/aromatic N) is 3. The largest absolute Gasteiger partial charge is 0.325 e. The van der Waals surface area contributed by atoms with E-state index in [1.165, 1.54) is 68.4 Å². The van der Waals surface area contributed by atoms with Crippen LogP contribution in [0, 0.1) is 13.8 Å². The van der Waals surface area contributed by atoms with Gasteiger partial charge in [-0.15, -0.1) is 24.8 Å². The Morgan fingerprint density at radius 2 is 1.63 bits per heavy atom. The van der Waals surface area contributed by atoms with E-state index in [2.05, 4.69) is 77.2 Å². The highest BCUT2D eigenvalue weighted by molar-refractivity contribution is 5.85. The maximum absolute atomic E-state index is 4.87. The van der Waals surface area contributed by atoms with E-state index in [1.807, 2.05) is 0 Å². The van der Waals surface area contributed by atoms with E-state index in [0.717, 1.165) is 30.7 Å². The molecule has 190 valence electrons. The zero-order valence-corrected chi connectivity index (χ0v) is 22.7. The minimum atomic E-state index is 0. The predicted molar refractivity (Wildman–Crippen MR) is 150 cm³/mol. The van der Waals surface area contributed by atoms with Crippen molar-refractivity contribution in [2.75, 3.05) is 19.6 Å². The van der Waals surface area contributed by atoms with Gasteiger partial charge in [-0.25, -0.2) is 4.98 Å². The number of aryl methyl sites for hydroxylation is 2. The number of nitrogens with one attached hydrogen (secondary N) is 1. The maximum atomic E-state index is 4.87. The van der Waals surface area contributed by atoms with Crippen LogP contribution in [0.1, 0.15) is 67.9 Å². The molecule has 6 heteroatoms. The molecular weight excluding hydrogens is 475 g/mol. The molecule has 3 atom stereocenters. The molecule has 0 radical (unpaired) electrons. The normalized spacial score (nSPS) is 25.7. The molecule has 4 heterocycles. The first-order valence-corrected chi connectivity index (χ1v) is 13.1. The summed E-state index contributed by atoms with van der Waals surface area (Å²) < 4.78 is 2.55. The van der Waals surface area contributed by atoms with Crippen molar-refractivity contribution in [3.63, 3.8) is 0 Å². The Kier molecular flexibility index (Phi) is 8.17. The first-order valence-electron chi connectivity index (χ1n) is 13.1. The number of hydrogen-bond donors (Lipinski definition) is 1. The summed E-state index contributed by atoms with van der Waals surface area (Å²) in [5.74, 6) is 1.18. The predicted octanol–water partition coefficient (Wildman–Crippen LogP) is 6.38. The first-order chi connectivity index (χ1) is 16.1. The number of imidazole rings is 1. The average Bonchev–Trinajstić information content (AvgIpc) is 3.29. The number of hydrogen-bond acceptors (Lipinski definition) is 3. The van der Waals surface area contributed by atoms with E-state index in [4.69, 9.17) is 4.98 Å². The molecule has 1 N–H and O–H groups in total. The molecule has 2 aromatic carbocycles. The minimum Gasteiger partial charge on any atom is -0.325 e. The zero-order chi connectivity index (χ0) is 22.4. The lowest BCUT2D eigenvalue weighted by Crippen LogP contribution is -2.47. The summed E-state index contributed by atoms with van der Waals surface area (Å²) in [6.07, 6.45) is 9.11. The van der Waals surface area contributed by atoms with Crippen LogP contribution in [-0.4, -0.2) is 46.2 Å². The summed E-state index contributed by atoms with van der Waals surface area (Å²) in [5.41, 5.74) is 5.78. The van der Waals surface area contributed by atoms with Crippen LogP contribution in [-0.2, 0) is 5.41 Å². The zero-order valence-electron chi connectivity index (χ0n) is 21.1. The number of aromatic nitrogens is 2. The molecule has 3 aliphatic rings. The fourth-order valence-electron chi connectivity index (χ4n) is 7.35. The molecule has 3 aromatic rings. The van der Waals surface area contributed by atoms with Crippen LogP contribution < -0.4 is 5.32 Å². The monoisotopic (exact) mass is 514 g/mol. The van der Waals surface area contributed by atoms with Gasteiger partial charge in [0.1, 0.15) is 5.82 Å². The van der Waals surface area contributed by atoms with Gasteiger partial charge in [0.25, 0.3) is 0 Å². The van der Waals surface area contributed by atoms with Crippen LogP contribution in [0.4, 0.5) is 0 Å². The van der Waals surface area contributed by atoms with Crippen LogP contribution in [0.15, 0.2) is 48.5 Å². The standard InChI is InChI=1S/C29H38N4.2ClH/c1-21-6-5-7-23(18-21)29(12-15-30-16-13-29)14-17-32-24-10-11-25(32)20-26(19-24)33-22(2)31-27-8-3-4-9-28(27)33;;/h3-9,18,24-26,30H,10-17,19-20H2,1-2H3;2*1H/t24-,25+,26?;;. The van der Waals surface area contributed by atoms with Crippen molar-refractivity contribution < 1.29 is 0 Å². The topological polar surface area (TPSA) is 33.1 Å². The molecule has 35 heavy (non-hydrogen) atoms.